The summed E-state index contributed by atoms with van der Waals surface area (Å²) >= 11 is 0. The van der Waals surface area contributed by atoms with E-state index in [-0.39, 0.29) is 0 Å². The average Bonchev–Trinajstić information content (AvgIpc) is 3.45. The maximum Gasteiger partial charge on any atom is -0.0386 e. The van der Waals surface area contributed by atoms with Gasteiger partial charge in [0.15, 0.2) is 0 Å². The van der Waals surface area contributed by atoms with E-state index in [1.54, 1.807) is 25.7 Å². The molecule has 2 aliphatic rings. The van der Waals surface area contributed by atoms with E-state index in [4.69, 9.17) is 0 Å². The van der Waals surface area contributed by atoms with Crippen LogP contribution in [0.1, 0.15) is 142 Å². The molecule has 0 aromatic heterocycles. The molecule has 0 saturated heterocycles. The zero-order chi connectivity index (χ0) is 18.5. The van der Waals surface area contributed by atoms with Crippen molar-refractivity contribution in [2.24, 2.45) is 23.7 Å². The Hall–Kier alpha value is 0. The van der Waals surface area contributed by atoms with Crippen molar-refractivity contribution in [2.75, 3.05) is 0 Å². The lowest BCUT2D eigenvalue weighted by molar-refractivity contribution is 0.356. The maximum atomic E-state index is 2.51. The zero-order valence-electron chi connectivity index (χ0n) is 18.5. The molecular formula is C26H50. The van der Waals surface area contributed by atoms with E-state index in [1.165, 1.54) is 103 Å². The molecule has 3 unspecified atom stereocenters. The van der Waals surface area contributed by atoms with E-state index in [0.29, 0.717) is 0 Å². The lowest BCUT2D eigenvalue weighted by Crippen LogP contribution is -2.04. The summed E-state index contributed by atoms with van der Waals surface area (Å²) < 4.78 is 0. The van der Waals surface area contributed by atoms with Gasteiger partial charge in [-0.2, -0.15) is 0 Å². The second-order valence-corrected chi connectivity index (χ2v) is 10.3. The summed E-state index contributed by atoms with van der Waals surface area (Å²) in [5.41, 5.74) is 0. The van der Waals surface area contributed by atoms with Crippen molar-refractivity contribution in [1.82, 2.24) is 0 Å². The fourth-order valence-electron chi connectivity index (χ4n) is 5.32. The Bertz CT molecular complexity index is 316. The molecule has 0 aromatic rings. The van der Waals surface area contributed by atoms with Crippen molar-refractivity contribution in [3.63, 3.8) is 0 Å². The molecule has 2 fully saturated rings. The molecule has 0 nitrogen and oxygen atoms in total. The molecular weight excluding hydrogens is 312 g/mol. The fourth-order valence-corrected chi connectivity index (χ4v) is 5.32. The van der Waals surface area contributed by atoms with Crippen LogP contribution in [0.25, 0.3) is 0 Å². The maximum absolute atomic E-state index is 2.51. The number of hydrogen-bond donors (Lipinski definition) is 0. The van der Waals surface area contributed by atoms with E-state index < -0.39 is 0 Å². The van der Waals surface area contributed by atoms with E-state index in [1.807, 2.05) is 0 Å². The molecule has 3 atom stereocenters. The fraction of sp³-hybridized carbons (Fsp3) is 1.00. The summed E-state index contributed by atoms with van der Waals surface area (Å²) in [6.45, 7) is 5.00. The highest BCUT2D eigenvalue weighted by molar-refractivity contribution is 4.81. The van der Waals surface area contributed by atoms with Crippen molar-refractivity contribution < 1.29 is 0 Å². The van der Waals surface area contributed by atoms with Gasteiger partial charge in [0.1, 0.15) is 0 Å². The Morgan fingerprint density at radius 2 is 0.615 bits per heavy atom. The first-order valence-electron chi connectivity index (χ1n) is 12.8. The van der Waals surface area contributed by atoms with E-state index in [9.17, 15) is 0 Å². The van der Waals surface area contributed by atoms with Crippen LogP contribution in [0.15, 0.2) is 0 Å². The van der Waals surface area contributed by atoms with Gasteiger partial charge in [0.2, 0.25) is 0 Å². The van der Waals surface area contributed by atoms with Crippen molar-refractivity contribution >= 4 is 0 Å². The molecule has 0 amide bonds. The van der Waals surface area contributed by atoms with Crippen LogP contribution < -0.4 is 0 Å². The molecule has 2 saturated carbocycles. The first-order chi connectivity index (χ1) is 12.8. The molecule has 26 heavy (non-hydrogen) atoms. The molecule has 0 N–H and O–H groups in total. The summed E-state index contributed by atoms with van der Waals surface area (Å²) in [6, 6.07) is 0. The summed E-state index contributed by atoms with van der Waals surface area (Å²) in [5, 5.41) is 0. The Morgan fingerprint density at radius 3 is 1.08 bits per heavy atom. The van der Waals surface area contributed by atoms with Gasteiger partial charge in [0.05, 0.1) is 0 Å². The first-order valence-corrected chi connectivity index (χ1v) is 12.8. The lowest BCUT2D eigenvalue weighted by Gasteiger charge is -2.17. The molecule has 0 heteroatoms. The van der Waals surface area contributed by atoms with Crippen LogP contribution in [0, 0.1) is 23.7 Å². The van der Waals surface area contributed by atoms with Gasteiger partial charge in [-0.1, -0.05) is 129 Å². The molecule has 0 heterocycles. The minimum absolute atomic E-state index is 0.968. The first kappa shape index (κ1) is 22.3. The minimum Gasteiger partial charge on any atom is -0.0625 e. The smallest absolute Gasteiger partial charge is 0.0386 e. The predicted molar refractivity (Wildman–Crippen MR) is 118 cm³/mol. The molecule has 0 spiro atoms. The van der Waals surface area contributed by atoms with Gasteiger partial charge in [0.25, 0.3) is 0 Å². The second-order valence-electron chi connectivity index (χ2n) is 10.3. The van der Waals surface area contributed by atoms with Crippen LogP contribution in [0.4, 0.5) is 0 Å². The third-order valence-corrected chi connectivity index (χ3v) is 7.48. The molecule has 0 radical (unpaired) electrons. The third-order valence-electron chi connectivity index (χ3n) is 7.48. The molecule has 0 bridgehead atoms. The average molecular weight is 363 g/mol. The van der Waals surface area contributed by atoms with E-state index >= 15 is 0 Å². The zero-order valence-corrected chi connectivity index (χ0v) is 18.5. The molecule has 0 aromatic carbocycles. The summed E-state index contributed by atoms with van der Waals surface area (Å²) in [6.07, 6.45) is 30.2. The second kappa shape index (κ2) is 14.1. The van der Waals surface area contributed by atoms with Crippen LogP contribution in [0.2, 0.25) is 0 Å². The Balaban J connectivity index is 1.66. The van der Waals surface area contributed by atoms with E-state index in [2.05, 4.69) is 13.8 Å². The molecule has 2 aliphatic carbocycles. The lowest BCUT2D eigenvalue weighted by atomic mass is 9.89. The number of rotatable bonds is 1. The van der Waals surface area contributed by atoms with Gasteiger partial charge in [0, 0.05) is 0 Å². The Kier molecular flexibility index (Phi) is 12.1. The SMILES string of the molecule is CC1CCCCCCCCCCC(C2CC2)CCCCCC(C)CCC1. The van der Waals surface area contributed by atoms with Gasteiger partial charge in [-0.3, -0.25) is 0 Å². The normalized spacial score (nSPS) is 33.2. The third kappa shape index (κ3) is 11.0. The van der Waals surface area contributed by atoms with Gasteiger partial charge in [-0.15, -0.1) is 0 Å². The van der Waals surface area contributed by atoms with Gasteiger partial charge in [-0.25, -0.2) is 0 Å². The highest BCUT2D eigenvalue weighted by atomic mass is 14.4. The predicted octanol–water partition coefficient (Wildman–Crippen LogP) is 9.32. The van der Waals surface area contributed by atoms with Crippen molar-refractivity contribution in [1.29, 1.82) is 0 Å². The standard InChI is InChI=1S/C26H50/c1-23-15-10-7-5-3-4-6-8-12-19-25(26-21-22-26)20-13-9-11-16-24(2)18-14-17-23/h23-26H,3-22H2,1-2H3. The van der Waals surface area contributed by atoms with Crippen LogP contribution in [-0.4, -0.2) is 0 Å². The van der Waals surface area contributed by atoms with Crippen molar-refractivity contribution in [2.45, 2.75) is 142 Å². The van der Waals surface area contributed by atoms with Crippen molar-refractivity contribution in [3.8, 4) is 0 Å². The highest BCUT2D eigenvalue weighted by Crippen LogP contribution is 2.42. The van der Waals surface area contributed by atoms with Crippen molar-refractivity contribution in [3.05, 3.63) is 0 Å². The Labute approximate surface area is 166 Å². The largest absolute Gasteiger partial charge is 0.0625 e. The molecule has 0 aliphatic heterocycles. The van der Waals surface area contributed by atoms with E-state index in [0.717, 1.165) is 23.7 Å². The number of hydrogen-bond acceptors (Lipinski definition) is 0. The Morgan fingerprint density at radius 1 is 0.308 bits per heavy atom. The minimum atomic E-state index is 0.968. The summed E-state index contributed by atoms with van der Waals surface area (Å²) in [5.74, 6) is 4.17. The van der Waals surface area contributed by atoms with Gasteiger partial charge >= 0.3 is 0 Å². The van der Waals surface area contributed by atoms with Gasteiger partial charge < -0.3 is 0 Å². The highest BCUT2D eigenvalue weighted by Gasteiger charge is 2.29. The summed E-state index contributed by atoms with van der Waals surface area (Å²) in [7, 11) is 0. The molecule has 154 valence electrons. The van der Waals surface area contributed by atoms with Gasteiger partial charge in [-0.05, 0) is 36.5 Å². The quantitative estimate of drug-likeness (QED) is 0.436. The van der Waals surface area contributed by atoms with Crippen LogP contribution in [0.3, 0.4) is 0 Å². The van der Waals surface area contributed by atoms with Crippen LogP contribution >= 0.6 is 0 Å². The molecule has 2 rings (SSSR count). The monoisotopic (exact) mass is 362 g/mol. The summed E-state index contributed by atoms with van der Waals surface area (Å²) in [4.78, 5) is 0. The topological polar surface area (TPSA) is 0 Å². The van der Waals surface area contributed by atoms with Crippen LogP contribution in [-0.2, 0) is 0 Å². The van der Waals surface area contributed by atoms with Crippen LogP contribution in [0.5, 0.6) is 0 Å².